The number of halogens is 2. The van der Waals surface area contributed by atoms with Crippen molar-refractivity contribution in [2.24, 2.45) is 0 Å². The van der Waals surface area contributed by atoms with Crippen molar-refractivity contribution >= 4 is 46.8 Å². The van der Waals surface area contributed by atoms with Crippen LogP contribution in [0.15, 0.2) is 42.5 Å². The molecule has 7 heteroatoms. The van der Waals surface area contributed by atoms with Crippen molar-refractivity contribution in [1.82, 2.24) is 10.2 Å². The Balaban J connectivity index is 2.07. The SMILES string of the molecule is CCCCNC(=O)C(C)N(Cc1ccc(C)cc1)C(=O)CSCc1c(Cl)cccc1Cl. The van der Waals surface area contributed by atoms with Crippen LogP contribution < -0.4 is 5.32 Å². The fourth-order valence-electron chi connectivity index (χ4n) is 3.00. The van der Waals surface area contributed by atoms with E-state index in [4.69, 9.17) is 23.2 Å². The second-order valence-electron chi connectivity index (χ2n) is 7.52. The zero-order valence-corrected chi connectivity index (χ0v) is 20.6. The summed E-state index contributed by atoms with van der Waals surface area (Å²) >= 11 is 13.9. The molecule has 2 aromatic rings. The molecule has 0 aliphatic rings. The minimum Gasteiger partial charge on any atom is -0.354 e. The van der Waals surface area contributed by atoms with Gasteiger partial charge in [-0.05, 0) is 43.5 Å². The van der Waals surface area contributed by atoms with Crippen LogP contribution >= 0.6 is 35.0 Å². The molecule has 0 saturated heterocycles. The van der Waals surface area contributed by atoms with Crippen LogP contribution in [0, 0.1) is 6.92 Å². The average molecular weight is 481 g/mol. The largest absolute Gasteiger partial charge is 0.354 e. The molecule has 0 fully saturated rings. The molecule has 0 aromatic heterocycles. The van der Waals surface area contributed by atoms with Gasteiger partial charge >= 0.3 is 0 Å². The molecule has 0 heterocycles. The van der Waals surface area contributed by atoms with E-state index >= 15 is 0 Å². The Morgan fingerprint density at radius 3 is 2.35 bits per heavy atom. The van der Waals surface area contributed by atoms with Gasteiger partial charge in [-0.25, -0.2) is 0 Å². The first-order valence-corrected chi connectivity index (χ1v) is 12.4. The quantitative estimate of drug-likeness (QED) is 0.409. The highest BCUT2D eigenvalue weighted by Crippen LogP contribution is 2.28. The van der Waals surface area contributed by atoms with Gasteiger partial charge in [0.25, 0.3) is 0 Å². The number of hydrogen-bond acceptors (Lipinski definition) is 3. The van der Waals surface area contributed by atoms with Crippen LogP contribution in [0.5, 0.6) is 0 Å². The maximum atomic E-state index is 13.1. The summed E-state index contributed by atoms with van der Waals surface area (Å²) in [4.78, 5) is 27.4. The molecule has 0 radical (unpaired) electrons. The molecule has 2 aromatic carbocycles. The standard InChI is InChI=1S/C24H30Cl2N2O2S/c1-4-5-13-27-24(30)18(3)28(14-19-11-9-17(2)10-12-19)23(29)16-31-15-20-21(25)7-6-8-22(20)26/h6-12,18H,4-5,13-16H2,1-3H3,(H,27,30). The number of carbonyl (C=O) groups excluding carboxylic acids is 2. The number of rotatable bonds is 11. The van der Waals surface area contributed by atoms with Gasteiger partial charge < -0.3 is 10.2 Å². The first-order chi connectivity index (χ1) is 14.8. The molecule has 2 rings (SSSR count). The van der Waals surface area contributed by atoms with E-state index in [9.17, 15) is 9.59 Å². The third-order valence-electron chi connectivity index (χ3n) is 5.00. The zero-order valence-electron chi connectivity index (χ0n) is 18.3. The second-order valence-corrected chi connectivity index (χ2v) is 9.32. The number of hydrogen-bond donors (Lipinski definition) is 1. The van der Waals surface area contributed by atoms with Crippen LogP contribution in [-0.2, 0) is 21.9 Å². The number of unbranched alkanes of at least 4 members (excludes halogenated alkanes) is 1. The van der Waals surface area contributed by atoms with Gasteiger partial charge in [0.2, 0.25) is 11.8 Å². The minimum absolute atomic E-state index is 0.0908. The first kappa shape index (κ1) is 25.6. The van der Waals surface area contributed by atoms with Crippen LogP contribution in [0.4, 0.5) is 0 Å². The third-order valence-corrected chi connectivity index (χ3v) is 6.66. The number of nitrogens with zero attached hydrogens (tertiary/aromatic N) is 1. The van der Waals surface area contributed by atoms with Crippen molar-refractivity contribution in [1.29, 1.82) is 0 Å². The summed E-state index contributed by atoms with van der Waals surface area (Å²) in [5.74, 6) is 0.541. The van der Waals surface area contributed by atoms with Crippen molar-refractivity contribution in [3.63, 3.8) is 0 Å². The Labute approximate surface area is 199 Å². The summed E-state index contributed by atoms with van der Waals surface area (Å²) in [6.07, 6.45) is 1.92. The van der Waals surface area contributed by atoms with Crippen molar-refractivity contribution in [3.05, 3.63) is 69.2 Å². The lowest BCUT2D eigenvalue weighted by atomic mass is 10.1. The highest BCUT2D eigenvalue weighted by Gasteiger charge is 2.26. The normalized spacial score (nSPS) is 11.8. The first-order valence-electron chi connectivity index (χ1n) is 10.5. The summed E-state index contributed by atoms with van der Waals surface area (Å²) in [5, 5.41) is 4.12. The number of aryl methyl sites for hydroxylation is 1. The third kappa shape index (κ3) is 8.06. The van der Waals surface area contributed by atoms with Crippen LogP contribution in [0.25, 0.3) is 0 Å². The van der Waals surface area contributed by atoms with E-state index in [0.29, 0.717) is 28.9 Å². The van der Waals surface area contributed by atoms with Crippen molar-refractivity contribution in [2.75, 3.05) is 12.3 Å². The topological polar surface area (TPSA) is 49.4 Å². The molecule has 0 aliphatic heterocycles. The predicted molar refractivity (Wildman–Crippen MR) is 132 cm³/mol. The van der Waals surface area contributed by atoms with Gasteiger partial charge in [-0.1, -0.05) is 72.4 Å². The maximum absolute atomic E-state index is 13.1. The van der Waals surface area contributed by atoms with Crippen LogP contribution in [0.3, 0.4) is 0 Å². The molecule has 4 nitrogen and oxygen atoms in total. The van der Waals surface area contributed by atoms with E-state index in [2.05, 4.69) is 12.2 Å². The van der Waals surface area contributed by atoms with Gasteiger partial charge in [0.1, 0.15) is 6.04 Å². The number of nitrogens with one attached hydrogen (secondary N) is 1. The molecule has 0 aliphatic carbocycles. The van der Waals surface area contributed by atoms with E-state index in [1.807, 2.05) is 31.2 Å². The lowest BCUT2D eigenvalue weighted by molar-refractivity contribution is -0.138. The van der Waals surface area contributed by atoms with Crippen molar-refractivity contribution < 1.29 is 9.59 Å². The maximum Gasteiger partial charge on any atom is 0.242 e. The Morgan fingerprint density at radius 2 is 1.74 bits per heavy atom. The predicted octanol–water partition coefficient (Wildman–Crippen LogP) is 5.87. The Kier molecular flexibility index (Phi) is 10.7. The average Bonchev–Trinajstić information content (AvgIpc) is 2.75. The van der Waals surface area contributed by atoms with Gasteiger partial charge in [0.15, 0.2) is 0 Å². The molecule has 31 heavy (non-hydrogen) atoms. The van der Waals surface area contributed by atoms with E-state index in [1.165, 1.54) is 11.8 Å². The van der Waals surface area contributed by atoms with Gasteiger partial charge in [0.05, 0.1) is 5.75 Å². The van der Waals surface area contributed by atoms with Crippen molar-refractivity contribution in [2.45, 2.75) is 52.0 Å². The Morgan fingerprint density at radius 1 is 1.10 bits per heavy atom. The fourth-order valence-corrected chi connectivity index (χ4v) is 4.65. The highest BCUT2D eigenvalue weighted by atomic mass is 35.5. The van der Waals surface area contributed by atoms with E-state index in [0.717, 1.165) is 29.5 Å². The molecule has 0 saturated carbocycles. The summed E-state index contributed by atoms with van der Waals surface area (Å²) in [7, 11) is 0. The summed E-state index contributed by atoms with van der Waals surface area (Å²) in [6.45, 7) is 6.88. The second kappa shape index (κ2) is 13.0. The molecule has 1 unspecified atom stereocenters. The fraction of sp³-hybridized carbons (Fsp3) is 0.417. The van der Waals surface area contributed by atoms with E-state index in [-0.39, 0.29) is 17.6 Å². The lowest BCUT2D eigenvalue weighted by Crippen LogP contribution is -2.48. The van der Waals surface area contributed by atoms with Crippen molar-refractivity contribution in [3.8, 4) is 0 Å². The molecular weight excluding hydrogens is 451 g/mol. The van der Waals surface area contributed by atoms with Gasteiger partial charge in [0, 0.05) is 28.9 Å². The smallest absolute Gasteiger partial charge is 0.242 e. The van der Waals surface area contributed by atoms with Gasteiger partial charge in [-0.15, -0.1) is 11.8 Å². The number of carbonyl (C=O) groups is 2. The molecule has 1 N–H and O–H groups in total. The molecule has 2 amide bonds. The van der Waals surface area contributed by atoms with Gasteiger partial charge in [-0.3, -0.25) is 9.59 Å². The Hall–Kier alpha value is -1.69. The van der Waals surface area contributed by atoms with E-state index < -0.39 is 6.04 Å². The van der Waals surface area contributed by atoms with Crippen LogP contribution in [0.2, 0.25) is 10.0 Å². The van der Waals surface area contributed by atoms with Crippen LogP contribution in [-0.4, -0.2) is 35.1 Å². The lowest BCUT2D eigenvalue weighted by Gasteiger charge is -2.29. The van der Waals surface area contributed by atoms with E-state index in [1.54, 1.807) is 30.0 Å². The molecule has 168 valence electrons. The minimum atomic E-state index is -0.560. The van der Waals surface area contributed by atoms with Gasteiger partial charge in [-0.2, -0.15) is 0 Å². The molecule has 1 atom stereocenters. The molecular formula is C24H30Cl2N2O2S. The highest BCUT2D eigenvalue weighted by molar-refractivity contribution is 7.99. The summed E-state index contributed by atoms with van der Waals surface area (Å²) in [5.41, 5.74) is 2.96. The molecule has 0 spiro atoms. The Bertz CT molecular complexity index is 854. The molecule has 0 bridgehead atoms. The number of benzene rings is 2. The summed E-state index contributed by atoms with van der Waals surface area (Å²) in [6, 6.07) is 12.8. The number of amides is 2. The monoisotopic (exact) mass is 480 g/mol. The van der Waals surface area contributed by atoms with Crippen LogP contribution in [0.1, 0.15) is 43.4 Å². The zero-order chi connectivity index (χ0) is 22.8. The number of thioether (sulfide) groups is 1. The summed E-state index contributed by atoms with van der Waals surface area (Å²) < 4.78 is 0.